The lowest BCUT2D eigenvalue weighted by molar-refractivity contribution is 0.346. The Hall–Kier alpha value is -0.450. The first kappa shape index (κ1) is 13.6. The van der Waals surface area contributed by atoms with Crippen LogP contribution in [0.1, 0.15) is 5.56 Å². The van der Waals surface area contributed by atoms with Crippen LogP contribution in [0, 0.1) is 5.82 Å². The van der Waals surface area contributed by atoms with Crippen molar-refractivity contribution in [2.45, 2.75) is 12.5 Å². The molecule has 1 atom stereocenters. The zero-order chi connectivity index (χ0) is 12.1. The van der Waals surface area contributed by atoms with Gasteiger partial charge in [0.1, 0.15) is 5.82 Å². The molecule has 0 aromatic heterocycles. The van der Waals surface area contributed by atoms with Crippen molar-refractivity contribution in [3.05, 3.63) is 34.1 Å². The Morgan fingerprint density at radius 2 is 2.12 bits per heavy atom. The number of hydrogen-bond acceptors (Lipinski definition) is 2. The number of halogens is 2. The molecule has 0 heterocycles. The molecule has 0 saturated carbocycles. The highest BCUT2D eigenvalue weighted by Gasteiger charge is 2.11. The minimum absolute atomic E-state index is 0.182. The molecule has 1 aromatic rings. The fourth-order valence-electron chi connectivity index (χ4n) is 1.66. The van der Waals surface area contributed by atoms with Crippen LogP contribution in [0.2, 0.25) is 0 Å². The van der Waals surface area contributed by atoms with Gasteiger partial charge in [-0.2, -0.15) is 0 Å². The van der Waals surface area contributed by atoms with Crippen LogP contribution >= 0.6 is 15.9 Å². The van der Waals surface area contributed by atoms with Crippen LogP contribution in [-0.4, -0.2) is 38.6 Å². The van der Waals surface area contributed by atoms with Crippen LogP contribution in [0.3, 0.4) is 0 Å². The van der Waals surface area contributed by atoms with Gasteiger partial charge in [-0.15, -0.1) is 0 Å². The third-order valence-electron chi connectivity index (χ3n) is 2.47. The Balaban J connectivity index is 2.73. The number of rotatable bonds is 5. The SMILES string of the molecule is CNC(Cc1cc(F)ccc1Br)CN(C)C. The van der Waals surface area contributed by atoms with Crippen molar-refractivity contribution in [3.63, 3.8) is 0 Å². The molecule has 1 N–H and O–H groups in total. The zero-order valence-electron chi connectivity index (χ0n) is 9.93. The van der Waals surface area contributed by atoms with E-state index in [9.17, 15) is 4.39 Å². The molecule has 0 spiro atoms. The third-order valence-corrected chi connectivity index (χ3v) is 3.24. The number of benzene rings is 1. The van der Waals surface area contributed by atoms with Crippen molar-refractivity contribution < 1.29 is 4.39 Å². The average molecular weight is 289 g/mol. The molecule has 0 aliphatic heterocycles. The molecule has 0 aliphatic carbocycles. The molecule has 0 radical (unpaired) electrons. The Labute approximate surface area is 105 Å². The summed E-state index contributed by atoms with van der Waals surface area (Å²) in [7, 11) is 6.00. The van der Waals surface area contributed by atoms with Gasteiger partial charge < -0.3 is 10.2 Å². The largest absolute Gasteiger partial charge is 0.315 e. The van der Waals surface area contributed by atoms with Crippen molar-refractivity contribution >= 4 is 15.9 Å². The molecule has 0 bridgehead atoms. The molecule has 0 saturated heterocycles. The van der Waals surface area contributed by atoms with Gasteiger partial charge in [0.05, 0.1) is 0 Å². The van der Waals surface area contributed by atoms with Gasteiger partial charge >= 0.3 is 0 Å². The maximum Gasteiger partial charge on any atom is 0.123 e. The van der Waals surface area contributed by atoms with Gasteiger partial charge in [-0.05, 0) is 51.3 Å². The first-order chi connectivity index (χ1) is 7.52. The number of nitrogens with zero attached hydrogens (tertiary/aromatic N) is 1. The molecule has 1 aromatic carbocycles. The van der Waals surface area contributed by atoms with Gasteiger partial charge in [0.15, 0.2) is 0 Å². The van der Waals surface area contributed by atoms with E-state index in [4.69, 9.17) is 0 Å². The summed E-state index contributed by atoms with van der Waals surface area (Å²) in [4.78, 5) is 2.12. The van der Waals surface area contributed by atoms with Gasteiger partial charge in [0.25, 0.3) is 0 Å². The highest BCUT2D eigenvalue weighted by atomic mass is 79.9. The summed E-state index contributed by atoms with van der Waals surface area (Å²) in [6, 6.07) is 5.14. The first-order valence-corrected chi connectivity index (χ1v) is 6.08. The molecular formula is C12H18BrFN2. The molecule has 16 heavy (non-hydrogen) atoms. The highest BCUT2D eigenvalue weighted by molar-refractivity contribution is 9.10. The van der Waals surface area contributed by atoms with Crippen molar-refractivity contribution in [3.8, 4) is 0 Å². The van der Waals surface area contributed by atoms with E-state index < -0.39 is 0 Å². The van der Waals surface area contributed by atoms with E-state index in [1.807, 2.05) is 21.1 Å². The van der Waals surface area contributed by atoms with Crippen LogP contribution in [0.4, 0.5) is 4.39 Å². The summed E-state index contributed by atoms with van der Waals surface area (Å²) in [6.07, 6.45) is 0.813. The van der Waals surface area contributed by atoms with Crippen LogP contribution in [0.5, 0.6) is 0 Å². The minimum Gasteiger partial charge on any atom is -0.315 e. The van der Waals surface area contributed by atoms with Crippen LogP contribution in [-0.2, 0) is 6.42 Å². The molecule has 4 heteroatoms. The van der Waals surface area contributed by atoms with Gasteiger partial charge in [-0.25, -0.2) is 4.39 Å². The second kappa shape index (κ2) is 6.33. The standard InChI is InChI=1S/C12H18BrFN2/c1-15-11(8-16(2)3)7-9-6-10(14)4-5-12(9)13/h4-6,11,15H,7-8H2,1-3H3. The number of likely N-dealkylation sites (N-methyl/N-ethyl adjacent to an activating group) is 2. The fraction of sp³-hybridized carbons (Fsp3) is 0.500. The Morgan fingerprint density at radius 1 is 1.44 bits per heavy atom. The molecule has 1 unspecified atom stereocenters. The highest BCUT2D eigenvalue weighted by Crippen LogP contribution is 2.19. The van der Waals surface area contributed by atoms with Crippen LogP contribution in [0.15, 0.2) is 22.7 Å². The molecule has 0 amide bonds. The monoisotopic (exact) mass is 288 g/mol. The lowest BCUT2D eigenvalue weighted by atomic mass is 10.1. The van der Waals surface area contributed by atoms with Crippen molar-refractivity contribution in [1.29, 1.82) is 0 Å². The smallest absolute Gasteiger partial charge is 0.123 e. The summed E-state index contributed by atoms with van der Waals surface area (Å²) in [5.74, 6) is -0.182. The van der Waals surface area contributed by atoms with E-state index in [2.05, 4.69) is 26.1 Å². The molecule has 0 fully saturated rings. The molecule has 2 nitrogen and oxygen atoms in total. The summed E-state index contributed by atoms with van der Waals surface area (Å²) in [5.41, 5.74) is 1.00. The lowest BCUT2D eigenvalue weighted by Gasteiger charge is -2.21. The van der Waals surface area contributed by atoms with Gasteiger partial charge in [0.2, 0.25) is 0 Å². The Morgan fingerprint density at radius 3 is 2.69 bits per heavy atom. The summed E-state index contributed by atoms with van der Waals surface area (Å²) < 4.78 is 14.1. The normalized spacial score (nSPS) is 13.1. The third kappa shape index (κ3) is 4.20. The molecular weight excluding hydrogens is 271 g/mol. The van der Waals surface area contributed by atoms with E-state index in [1.54, 1.807) is 12.1 Å². The Kier molecular flexibility index (Phi) is 5.38. The quantitative estimate of drug-likeness (QED) is 0.894. The maximum absolute atomic E-state index is 13.1. The van der Waals surface area contributed by atoms with Crippen LogP contribution in [0.25, 0.3) is 0 Å². The van der Waals surface area contributed by atoms with Crippen molar-refractivity contribution in [2.75, 3.05) is 27.7 Å². The molecule has 0 aliphatic rings. The summed E-state index contributed by atoms with van der Waals surface area (Å²) in [6.45, 7) is 0.930. The maximum atomic E-state index is 13.1. The van der Waals surface area contributed by atoms with Crippen LogP contribution < -0.4 is 5.32 Å². The van der Waals surface area contributed by atoms with Crippen molar-refractivity contribution in [1.82, 2.24) is 10.2 Å². The summed E-state index contributed by atoms with van der Waals surface area (Å²) in [5, 5.41) is 3.24. The predicted molar refractivity (Wildman–Crippen MR) is 69.2 cm³/mol. The predicted octanol–water partition coefficient (Wildman–Crippen LogP) is 2.28. The molecule has 90 valence electrons. The van der Waals surface area contributed by atoms with E-state index in [-0.39, 0.29) is 5.82 Å². The van der Waals surface area contributed by atoms with E-state index in [0.29, 0.717) is 6.04 Å². The topological polar surface area (TPSA) is 15.3 Å². The lowest BCUT2D eigenvalue weighted by Crippen LogP contribution is -2.37. The number of hydrogen-bond donors (Lipinski definition) is 1. The van der Waals surface area contributed by atoms with Gasteiger partial charge in [-0.1, -0.05) is 15.9 Å². The Bertz CT molecular complexity index is 342. The average Bonchev–Trinajstić information content (AvgIpc) is 2.21. The van der Waals surface area contributed by atoms with E-state index in [1.165, 1.54) is 6.07 Å². The number of nitrogens with one attached hydrogen (secondary N) is 1. The second-order valence-corrected chi connectivity index (χ2v) is 5.04. The summed E-state index contributed by atoms with van der Waals surface area (Å²) >= 11 is 3.45. The van der Waals surface area contributed by atoms with Gasteiger partial charge in [-0.3, -0.25) is 0 Å². The van der Waals surface area contributed by atoms with E-state index >= 15 is 0 Å². The van der Waals surface area contributed by atoms with E-state index in [0.717, 1.165) is 23.0 Å². The first-order valence-electron chi connectivity index (χ1n) is 5.29. The fourth-order valence-corrected chi connectivity index (χ4v) is 2.07. The second-order valence-electron chi connectivity index (χ2n) is 4.19. The molecule has 1 rings (SSSR count). The zero-order valence-corrected chi connectivity index (χ0v) is 11.5. The minimum atomic E-state index is -0.182. The van der Waals surface area contributed by atoms with Gasteiger partial charge in [0, 0.05) is 17.1 Å². The van der Waals surface area contributed by atoms with Crippen molar-refractivity contribution in [2.24, 2.45) is 0 Å².